The summed E-state index contributed by atoms with van der Waals surface area (Å²) in [4.78, 5) is 12.1. The van der Waals surface area contributed by atoms with Crippen molar-refractivity contribution in [3.63, 3.8) is 0 Å². The van der Waals surface area contributed by atoms with Crippen LogP contribution in [-0.4, -0.2) is 47.2 Å². The lowest BCUT2D eigenvalue weighted by Crippen LogP contribution is -2.44. The number of rotatable bonds is 5. The number of aryl methyl sites for hydroxylation is 1. The molecule has 122 valence electrons. The van der Waals surface area contributed by atoms with Crippen molar-refractivity contribution in [3.05, 3.63) is 23.0 Å². The zero-order valence-corrected chi connectivity index (χ0v) is 12.9. The van der Waals surface area contributed by atoms with Crippen molar-refractivity contribution in [1.29, 1.82) is 0 Å². The molecule has 0 spiro atoms. The second kappa shape index (κ2) is 5.41. The summed E-state index contributed by atoms with van der Waals surface area (Å²) in [5.74, 6) is 1.68. The van der Waals surface area contributed by atoms with Gasteiger partial charge in [-0.3, -0.25) is 4.79 Å². The highest BCUT2D eigenvalue weighted by Crippen LogP contribution is 2.42. The van der Waals surface area contributed by atoms with Crippen LogP contribution in [-0.2, 0) is 6.61 Å². The van der Waals surface area contributed by atoms with Gasteiger partial charge >= 0.3 is 0 Å². The fourth-order valence-electron chi connectivity index (χ4n) is 3.15. The molecule has 0 unspecified atom stereocenters. The van der Waals surface area contributed by atoms with Crippen molar-refractivity contribution < 1.29 is 9.90 Å². The molecule has 9 heteroatoms. The molecule has 4 rings (SSSR count). The van der Waals surface area contributed by atoms with Gasteiger partial charge in [0.05, 0.1) is 5.69 Å². The summed E-state index contributed by atoms with van der Waals surface area (Å²) >= 11 is 0. The maximum absolute atomic E-state index is 12.1. The first kappa shape index (κ1) is 14.3. The Morgan fingerprint density at radius 2 is 2.13 bits per heavy atom. The third kappa shape index (κ3) is 2.50. The number of hydrogen-bond acceptors (Lipinski definition) is 6. The Kier molecular flexibility index (Phi) is 3.37. The van der Waals surface area contributed by atoms with Crippen molar-refractivity contribution in [2.24, 2.45) is 0 Å². The zero-order valence-electron chi connectivity index (χ0n) is 12.9. The topological polar surface area (TPSA) is 122 Å². The van der Waals surface area contributed by atoms with Gasteiger partial charge in [0.2, 0.25) is 0 Å². The number of nitrogens with one attached hydrogen (secondary N) is 2. The predicted molar refractivity (Wildman–Crippen MR) is 78.6 cm³/mol. The van der Waals surface area contributed by atoms with Crippen molar-refractivity contribution in [3.8, 4) is 0 Å². The smallest absolute Gasteiger partial charge is 0.273 e. The summed E-state index contributed by atoms with van der Waals surface area (Å²) in [5.41, 5.74) is 0.941. The quantitative estimate of drug-likeness (QED) is 0.724. The van der Waals surface area contributed by atoms with Gasteiger partial charge in [-0.2, -0.15) is 15.4 Å². The molecule has 3 N–H and O–H groups in total. The van der Waals surface area contributed by atoms with Gasteiger partial charge in [0.1, 0.15) is 12.4 Å². The van der Waals surface area contributed by atoms with E-state index in [-0.39, 0.29) is 24.5 Å². The van der Waals surface area contributed by atoms with Gasteiger partial charge in [0.15, 0.2) is 11.5 Å². The number of carbonyl (C=O) groups is 1. The number of aliphatic hydroxyl groups is 1. The first-order chi connectivity index (χ1) is 11.2. The third-order valence-corrected chi connectivity index (χ3v) is 4.62. The SMILES string of the molecule is Cc1n[nH]nc1C(=O)NC1CC(c2nnc(CO)n2C2CC2)C1. The second-order valence-corrected chi connectivity index (χ2v) is 6.33. The molecule has 2 aliphatic carbocycles. The maximum Gasteiger partial charge on any atom is 0.273 e. The molecule has 0 atom stereocenters. The molecule has 0 saturated heterocycles. The Labute approximate surface area is 132 Å². The minimum atomic E-state index is -0.195. The van der Waals surface area contributed by atoms with Crippen LogP contribution in [0.3, 0.4) is 0 Å². The van der Waals surface area contributed by atoms with Crippen molar-refractivity contribution in [2.45, 2.75) is 57.2 Å². The maximum atomic E-state index is 12.1. The van der Waals surface area contributed by atoms with Crippen molar-refractivity contribution in [2.75, 3.05) is 0 Å². The molecule has 2 heterocycles. The highest BCUT2D eigenvalue weighted by atomic mass is 16.3. The monoisotopic (exact) mass is 317 g/mol. The Hall–Kier alpha value is -2.29. The van der Waals surface area contributed by atoms with Crippen LogP contribution >= 0.6 is 0 Å². The van der Waals surface area contributed by atoms with E-state index in [2.05, 4.69) is 35.5 Å². The lowest BCUT2D eigenvalue weighted by atomic mass is 9.79. The number of nitrogens with zero attached hydrogens (tertiary/aromatic N) is 5. The van der Waals surface area contributed by atoms with E-state index in [4.69, 9.17) is 0 Å². The van der Waals surface area contributed by atoms with Gasteiger partial charge in [-0.25, -0.2) is 0 Å². The molecular formula is C14H19N7O2. The number of amides is 1. The largest absolute Gasteiger partial charge is 0.388 e. The van der Waals surface area contributed by atoms with Crippen LogP contribution in [0.2, 0.25) is 0 Å². The summed E-state index contributed by atoms with van der Waals surface area (Å²) in [6, 6.07) is 0.555. The lowest BCUT2D eigenvalue weighted by Gasteiger charge is -2.35. The standard InChI is InChI=1S/C14H19N7O2/c1-7-12(18-20-16-7)14(23)15-9-4-8(5-9)13-19-17-11(6-22)21(13)10-2-3-10/h8-10,22H,2-6H2,1H3,(H,15,23)(H,16,18,20). The first-order valence-corrected chi connectivity index (χ1v) is 7.90. The number of H-pyrrole nitrogens is 1. The summed E-state index contributed by atoms with van der Waals surface area (Å²) in [5, 5.41) is 30.9. The minimum Gasteiger partial charge on any atom is -0.388 e. The Bertz CT molecular complexity index is 727. The average Bonchev–Trinajstić information content (AvgIpc) is 3.10. The van der Waals surface area contributed by atoms with Crippen LogP contribution in [0.5, 0.6) is 0 Å². The highest BCUT2D eigenvalue weighted by Gasteiger charge is 2.39. The molecule has 9 nitrogen and oxygen atoms in total. The van der Waals surface area contributed by atoms with E-state index in [1.54, 1.807) is 6.92 Å². The molecule has 1 amide bonds. The summed E-state index contributed by atoms with van der Waals surface area (Å²) in [7, 11) is 0. The summed E-state index contributed by atoms with van der Waals surface area (Å²) in [6.45, 7) is 1.67. The van der Waals surface area contributed by atoms with E-state index < -0.39 is 0 Å². The highest BCUT2D eigenvalue weighted by molar-refractivity contribution is 5.93. The number of aliphatic hydroxyl groups excluding tert-OH is 1. The summed E-state index contributed by atoms with van der Waals surface area (Å²) < 4.78 is 2.09. The molecule has 2 aromatic heterocycles. The zero-order chi connectivity index (χ0) is 16.0. The molecule has 0 aromatic carbocycles. The molecule has 2 saturated carbocycles. The number of carbonyl (C=O) groups excluding carboxylic acids is 1. The Morgan fingerprint density at radius 1 is 1.35 bits per heavy atom. The van der Waals surface area contributed by atoms with E-state index in [1.807, 2.05) is 0 Å². The van der Waals surface area contributed by atoms with Gasteiger partial charge in [0.25, 0.3) is 5.91 Å². The van der Waals surface area contributed by atoms with Crippen LogP contribution in [0.15, 0.2) is 0 Å². The van der Waals surface area contributed by atoms with E-state index >= 15 is 0 Å². The number of aromatic nitrogens is 6. The normalized spacial score (nSPS) is 23.6. The minimum absolute atomic E-state index is 0.0815. The molecule has 2 aliphatic rings. The van der Waals surface area contributed by atoms with Gasteiger partial charge in [-0.05, 0) is 32.6 Å². The molecule has 0 aliphatic heterocycles. The summed E-state index contributed by atoms with van der Waals surface area (Å²) in [6.07, 6.45) is 3.91. The Balaban J connectivity index is 1.39. The van der Waals surface area contributed by atoms with Crippen LogP contribution in [0.1, 0.15) is 65.5 Å². The molecule has 23 heavy (non-hydrogen) atoms. The molecule has 0 radical (unpaired) electrons. The van der Waals surface area contributed by atoms with Crippen LogP contribution in [0, 0.1) is 6.92 Å². The van der Waals surface area contributed by atoms with E-state index in [0.717, 1.165) is 31.5 Å². The molecule has 2 aromatic rings. The second-order valence-electron chi connectivity index (χ2n) is 6.33. The van der Waals surface area contributed by atoms with Crippen LogP contribution in [0.25, 0.3) is 0 Å². The number of hydrogen-bond donors (Lipinski definition) is 3. The average molecular weight is 317 g/mol. The van der Waals surface area contributed by atoms with Crippen molar-refractivity contribution >= 4 is 5.91 Å². The first-order valence-electron chi connectivity index (χ1n) is 7.90. The van der Waals surface area contributed by atoms with Gasteiger partial charge < -0.3 is 15.0 Å². The van der Waals surface area contributed by atoms with Gasteiger partial charge in [0, 0.05) is 18.0 Å². The number of aromatic amines is 1. The van der Waals surface area contributed by atoms with Gasteiger partial charge in [-0.15, -0.1) is 10.2 Å². The fourth-order valence-corrected chi connectivity index (χ4v) is 3.15. The predicted octanol–water partition coefficient (Wildman–Crippen LogP) is 0.208. The fraction of sp³-hybridized carbons (Fsp3) is 0.643. The van der Waals surface area contributed by atoms with Crippen LogP contribution < -0.4 is 5.32 Å². The van der Waals surface area contributed by atoms with E-state index in [1.165, 1.54) is 0 Å². The Morgan fingerprint density at radius 3 is 2.74 bits per heavy atom. The molecule has 0 bridgehead atoms. The molecule has 2 fully saturated rings. The van der Waals surface area contributed by atoms with E-state index in [0.29, 0.717) is 23.3 Å². The lowest BCUT2D eigenvalue weighted by molar-refractivity contribution is 0.0901. The van der Waals surface area contributed by atoms with Gasteiger partial charge in [-0.1, -0.05) is 0 Å². The van der Waals surface area contributed by atoms with Crippen molar-refractivity contribution in [1.82, 2.24) is 35.5 Å². The third-order valence-electron chi connectivity index (χ3n) is 4.62. The van der Waals surface area contributed by atoms with E-state index in [9.17, 15) is 9.90 Å². The molecular weight excluding hydrogens is 298 g/mol. The van der Waals surface area contributed by atoms with Crippen LogP contribution in [0.4, 0.5) is 0 Å².